The summed E-state index contributed by atoms with van der Waals surface area (Å²) in [7, 11) is 0. The van der Waals surface area contributed by atoms with Crippen molar-refractivity contribution in [3.05, 3.63) is 74.2 Å². The first kappa shape index (κ1) is 24.1. The third kappa shape index (κ3) is 4.94. The van der Waals surface area contributed by atoms with E-state index in [2.05, 4.69) is 9.55 Å². The molecule has 1 aromatic carbocycles. The molecule has 0 bridgehead atoms. The van der Waals surface area contributed by atoms with E-state index in [0.29, 0.717) is 12.1 Å². The third-order valence-corrected chi connectivity index (χ3v) is 5.47. The molecule has 0 unspecified atom stereocenters. The van der Waals surface area contributed by atoms with Crippen molar-refractivity contribution in [2.24, 2.45) is 11.8 Å². The van der Waals surface area contributed by atoms with Crippen molar-refractivity contribution in [3.8, 4) is 5.69 Å². The van der Waals surface area contributed by atoms with Gasteiger partial charge in [0, 0.05) is 35.7 Å². The van der Waals surface area contributed by atoms with Crippen molar-refractivity contribution >= 4 is 17.4 Å². The van der Waals surface area contributed by atoms with Gasteiger partial charge in [-0.2, -0.15) is 0 Å². The third-order valence-electron chi connectivity index (χ3n) is 5.47. The summed E-state index contributed by atoms with van der Waals surface area (Å²) in [6.07, 6.45) is 0. The highest BCUT2D eigenvalue weighted by Gasteiger charge is 2.26. The van der Waals surface area contributed by atoms with E-state index >= 15 is 0 Å². The molecule has 0 aliphatic heterocycles. The molecule has 1 amide bonds. The number of benzene rings is 1. The molecule has 0 radical (unpaired) electrons. The summed E-state index contributed by atoms with van der Waals surface area (Å²) >= 11 is 0. The summed E-state index contributed by atoms with van der Waals surface area (Å²) in [5.41, 5.74) is 8.64. The topological polar surface area (TPSA) is 106 Å². The van der Waals surface area contributed by atoms with Crippen LogP contribution >= 0.6 is 0 Å². The van der Waals surface area contributed by atoms with E-state index < -0.39 is 11.2 Å². The zero-order valence-corrected chi connectivity index (χ0v) is 20.2. The number of hydrogen-bond acceptors (Lipinski definition) is 4. The first-order valence-corrected chi connectivity index (χ1v) is 11.2. The maximum Gasteiger partial charge on any atom is 0.330 e. The van der Waals surface area contributed by atoms with Gasteiger partial charge in [-0.1, -0.05) is 27.7 Å². The van der Waals surface area contributed by atoms with Gasteiger partial charge in [0.2, 0.25) is 0 Å². The number of aromatic amines is 1. The fourth-order valence-corrected chi connectivity index (χ4v) is 4.01. The van der Waals surface area contributed by atoms with E-state index in [-0.39, 0.29) is 35.8 Å². The molecule has 0 saturated heterocycles. The summed E-state index contributed by atoms with van der Waals surface area (Å²) in [6, 6.07) is 11.3. The van der Waals surface area contributed by atoms with Crippen molar-refractivity contribution in [2.75, 3.05) is 17.2 Å². The number of anilines is 2. The van der Waals surface area contributed by atoms with Crippen molar-refractivity contribution in [2.45, 2.75) is 48.1 Å². The number of nitrogens with one attached hydrogen (secondary N) is 1. The van der Waals surface area contributed by atoms with Crippen LogP contribution in [0.4, 0.5) is 11.5 Å². The minimum absolute atomic E-state index is 0.00154. The number of rotatable bonds is 7. The molecule has 0 spiro atoms. The largest absolute Gasteiger partial charge is 0.383 e. The molecular weight excluding hydrogens is 418 g/mol. The molecule has 0 aliphatic rings. The van der Waals surface area contributed by atoms with Gasteiger partial charge in [-0.25, -0.2) is 4.79 Å². The van der Waals surface area contributed by atoms with Gasteiger partial charge < -0.3 is 15.2 Å². The van der Waals surface area contributed by atoms with Gasteiger partial charge in [-0.05, 0) is 62.1 Å². The zero-order valence-electron chi connectivity index (χ0n) is 20.2. The lowest BCUT2D eigenvalue weighted by atomic mass is 10.1. The van der Waals surface area contributed by atoms with Gasteiger partial charge in [0.25, 0.3) is 11.5 Å². The minimum atomic E-state index is -0.665. The Morgan fingerprint density at radius 3 is 2.06 bits per heavy atom. The van der Waals surface area contributed by atoms with E-state index in [4.69, 9.17) is 5.73 Å². The molecule has 3 rings (SSSR count). The van der Waals surface area contributed by atoms with Crippen molar-refractivity contribution in [1.82, 2.24) is 14.1 Å². The second-order valence-electron chi connectivity index (χ2n) is 9.31. The average molecular weight is 452 g/mol. The molecular formula is C25H33N5O3. The van der Waals surface area contributed by atoms with E-state index in [0.717, 1.165) is 17.1 Å². The van der Waals surface area contributed by atoms with E-state index in [9.17, 15) is 14.4 Å². The summed E-state index contributed by atoms with van der Waals surface area (Å²) in [5.74, 6) is -0.140. The fraction of sp³-hybridized carbons (Fsp3) is 0.400. The number of carbonyl (C=O) groups excluding carboxylic acids is 1. The summed E-state index contributed by atoms with van der Waals surface area (Å²) < 4.78 is 3.42. The predicted molar refractivity (Wildman–Crippen MR) is 132 cm³/mol. The fourth-order valence-electron chi connectivity index (χ4n) is 4.01. The average Bonchev–Trinajstić information content (AvgIpc) is 3.07. The first-order chi connectivity index (χ1) is 15.5. The Kier molecular flexibility index (Phi) is 6.95. The van der Waals surface area contributed by atoms with E-state index in [1.54, 1.807) is 12.1 Å². The number of H-pyrrole nitrogens is 1. The second kappa shape index (κ2) is 9.52. The SMILES string of the molecule is Cc1ccc(C)n1-c1ccc(C(=O)N(CC(C)C)c2c(N)n(CC(C)C)c(=O)[nH]c2=O)cc1. The molecule has 0 aliphatic carbocycles. The molecule has 3 N–H and O–H groups in total. The van der Waals surface area contributed by atoms with Crippen LogP contribution in [0.1, 0.15) is 49.4 Å². The van der Waals surface area contributed by atoms with Crippen LogP contribution in [0.15, 0.2) is 46.0 Å². The molecule has 8 nitrogen and oxygen atoms in total. The molecule has 2 aromatic heterocycles. The Balaban J connectivity index is 2.07. The number of hydrogen-bond donors (Lipinski definition) is 2. The number of nitrogens with zero attached hydrogens (tertiary/aromatic N) is 3. The summed E-state index contributed by atoms with van der Waals surface area (Å²) in [5, 5.41) is 0. The highest BCUT2D eigenvalue weighted by atomic mass is 16.2. The van der Waals surface area contributed by atoms with Gasteiger partial charge in [-0.3, -0.25) is 19.1 Å². The van der Waals surface area contributed by atoms with Gasteiger partial charge in [0.05, 0.1) is 0 Å². The van der Waals surface area contributed by atoms with Crippen LogP contribution in [-0.2, 0) is 6.54 Å². The Bertz CT molecular complexity index is 1240. The molecule has 0 atom stereocenters. The van der Waals surface area contributed by atoms with Gasteiger partial charge in [-0.15, -0.1) is 0 Å². The van der Waals surface area contributed by atoms with E-state index in [1.807, 2.05) is 65.8 Å². The van der Waals surface area contributed by atoms with E-state index in [1.165, 1.54) is 9.47 Å². The highest BCUT2D eigenvalue weighted by Crippen LogP contribution is 2.23. The number of aryl methyl sites for hydroxylation is 2. The molecule has 8 heteroatoms. The number of nitrogens with two attached hydrogens (primary N) is 1. The number of amides is 1. The second-order valence-corrected chi connectivity index (χ2v) is 9.31. The molecule has 3 aromatic rings. The lowest BCUT2D eigenvalue weighted by Gasteiger charge is -2.26. The first-order valence-electron chi connectivity index (χ1n) is 11.2. The summed E-state index contributed by atoms with van der Waals surface area (Å²) in [4.78, 5) is 42.4. The number of carbonyl (C=O) groups is 1. The number of nitrogen functional groups attached to an aromatic ring is 1. The Labute approximate surface area is 193 Å². The van der Waals surface area contributed by atoms with Crippen LogP contribution in [0.3, 0.4) is 0 Å². The van der Waals surface area contributed by atoms with Crippen LogP contribution in [0.5, 0.6) is 0 Å². The van der Waals surface area contributed by atoms with Gasteiger partial charge >= 0.3 is 5.69 Å². The maximum absolute atomic E-state index is 13.6. The van der Waals surface area contributed by atoms with Crippen LogP contribution in [0.25, 0.3) is 5.69 Å². The van der Waals surface area contributed by atoms with Crippen LogP contribution in [0, 0.1) is 25.7 Å². The smallest absolute Gasteiger partial charge is 0.330 e. The van der Waals surface area contributed by atoms with Crippen LogP contribution in [0.2, 0.25) is 0 Å². The zero-order chi connectivity index (χ0) is 24.4. The van der Waals surface area contributed by atoms with Crippen LogP contribution < -0.4 is 21.9 Å². The molecule has 2 heterocycles. The number of aromatic nitrogens is 3. The van der Waals surface area contributed by atoms with Crippen molar-refractivity contribution in [1.29, 1.82) is 0 Å². The van der Waals surface area contributed by atoms with Crippen molar-refractivity contribution in [3.63, 3.8) is 0 Å². The highest BCUT2D eigenvalue weighted by molar-refractivity contribution is 6.07. The lowest BCUT2D eigenvalue weighted by molar-refractivity contribution is 0.0983. The monoisotopic (exact) mass is 451 g/mol. The normalized spacial score (nSPS) is 11.4. The van der Waals surface area contributed by atoms with Gasteiger partial charge in [0.15, 0.2) is 5.69 Å². The van der Waals surface area contributed by atoms with Gasteiger partial charge in [0.1, 0.15) is 5.82 Å². The van der Waals surface area contributed by atoms with Crippen molar-refractivity contribution < 1.29 is 4.79 Å². The Morgan fingerprint density at radius 1 is 0.970 bits per heavy atom. The molecule has 33 heavy (non-hydrogen) atoms. The standard InChI is InChI=1S/C25H33N5O3/c1-15(2)13-28(21-22(26)29(14-16(3)4)25(33)27-23(21)31)24(32)19-9-11-20(12-10-19)30-17(5)7-8-18(30)6/h7-12,15-16H,13-14,26H2,1-6H3,(H,27,31,33). The Morgan fingerprint density at radius 2 is 1.55 bits per heavy atom. The lowest BCUT2D eigenvalue weighted by Crippen LogP contribution is -2.43. The molecule has 176 valence electrons. The summed E-state index contributed by atoms with van der Waals surface area (Å²) in [6.45, 7) is 12.5. The maximum atomic E-state index is 13.6. The minimum Gasteiger partial charge on any atom is -0.383 e. The molecule has 0 saturated carbocycles. The van der Waals surface area contributed by atoms with Crippen LogP contribution in [-0.4, -0.2) is 26.6 Å². The Hall–Kier alpha value is -3.55. The molecule has 0 fully saturated rings. The predicted octanol–water partition coefficient (Wildman–Crippen LogP) is 3.49. The quantitative estimate of drug-likeness (QED) is 0.573.